The van der Waals surface area contributed by atoms with Crippen LogP contribution in [0.4, 0.5) is 0 Å². The fraction of sp³-hybridized carbons (Fsp3) is 0. The number of nitrogens with zero attached hydrogens (tertiary/aromatic N) is 3. The first-order valence-electron chi connectivity index (χ1n) is 19.7. The highest BCUT2D eigenvalue weighted by molar-refractivity contribution is 7.26. The molecule has 9 aromatic carbocycles. The average Bonchev–Trinajstić information content (AvgIpc) is 3.85. The molecule has 58 heavy (non-hydrogen) atoms. The zero-order chi connectivity index (χ0) is 38.2. The first-order chi connectivity index (χ1) is 28.7. The van der Waals surface area contributed by atoms with Crippen molar-refractivity contribution in [1.29, 1.82) is 0 Å². The van der Waals surface area contributed by atoms with Crippen molar-refractivity contribution in [3.8, 4) is 50.7 Å². The summed E-state index contributed by atoms with van der Waals surface area (Å²) in [7, 11) is 0. The molecule has 3 aromatic heterocycles. The maximum absolute atomic E-state index is 5.11. The monoisotopic (exact) mass is 755 g/mol. The third-order valence-corrected chi connectivity index (χ3v) is 12.7. The summed E-state index contributed by atoms with van der Waals surface area (Å²) >= 11 is 1.88. The van der Waals surface area contributed by atoms with E-state index in [-0.39, 0.29) is 0 Å². The van der Waals surface area contributed by atoms with E-state index >= 15 is 0 Å². The SMILES string of the molecule is c1ccc(-c2cc(-c3ccc(-n4c5ccc6ccccc6c5c5c6c(ccc54)sc4ccc(-c5cccc7ccccc57)cc46)cc3)nc(-c3ccccc3)n2)cc1. The van der Waals surface area contributed by atoms with E-state index in [1.165, 1.54) is 74.6 Å². The quantitative estimate of drug-likeness (QED) is 0.175. The number of fused-ring (bicyclic) bond motifs is 10. The zero-order valence-corrected chi connectivity index (χ0v) is 32.1. The van der Waals surface area contributed by atoms with Crippen LogP contribution in [0.1, 0.15) is 0 Å². The topological polar surface area (TPSA) is 30.7 Å². The molecule has 0 saturated carbocycles. The molecule has 0 unspecified atom stereocenters. The average molecular weight is 756 g/mol. The Bertz CT molecular complexity index is 3480. The van der Waals surface area contributed by atoms with Crippen LogP contribution in [0.15, 0.2) is 200 Å². The first kappa shape index (κ1) is 32.8. The minimum absolute atomic E-state index is 0.714. The predicted molar refractivity (Wildman–Crippen MR) is 246 cm³/mol. The van der Waals surface area contributed by atoms with Gasteiger partial charge in [0.05, 0.1) is 22.4 Å². The summed E-state index contributed by atoms with van der Waals surface area (Å²) < 4.78 is 5.04. The molecule has 0 spiro atoms. The molecule has 270 valence electrons. The minimum atomic E-state index is 0.714. The summed E-state index contributed by atoms with van der Waals surface area (Å²) in [6, 6.07) is 72.0. The summed E-state index contributed by atoms with van der Waals surface area (Å²) in [5.41, 5.74) is 10.9. The van der Waals surface area contributed by atoms with E-state index in [9.17, 15) is 0 Å². The molecule has 12 aromatic rings. The molecule has 0 bridgehead atoms. The van der Waals surface area contributed by atoms with E-state index in [2.05, 4.69) is 180 Å². The fourth-order valence-corrected chi connectivity index (χ4v) is 10.0. The van der Waals surface area contributed by atoms with Crippen LogP contribution in [0.25, 0.3) is 114 Å². The van der Waals surface area contributed by atoms with E-state index in [0.29, 0.717) is 5.82 Å². The standard InChI is InChI=1S/C54H33N3S/c1-3-14-36(15-4-1)45-33-46(56-54(55-45)38-16-5-2-6-17-38)37-22-26-40(27-23-37)57-47-28-24-35-13-8-10-20-43(35)51(47)53-48(57)29-31-50-52(53)44-32-39(25-30-49(44)58-50)42-21-11-18-34-12-7-9-19-41(34)42/h1-33H. The Labute approximate surface area is 338 Å². The molecular weight excluding hydrogens is 723 g/mol. The van der Waals surface area contributed by atoms with Gasteiger partial charge in [0.1, 0.15) is 0 Å². The Balaban J connectivity index is 1.07. The van der Waals surface area contributed by atoms with E-state index in [1.54, 1.807) is 0 Å². The van der Waals surface area contributed by atoms with E-state index in [4.69, 9.17) is 9.97 Å². The minimum Gasteiger partial charge on any atom is -0.309 e. The lowest BCUT2D eigenvalue weighted by molar-refractivity contribution is 1.17. The van der Waals surface area contributed by atoms with Crippen molar-refractivity contribution in [3.05, 3.63) is 200 Å². The normalized spacial score (nSPS) is 11.8. The Morgan fingerprint density at radius 1 is 0.362 bits per heavy atom. The van der Waals surface area contributed by atoms with Crippen LogP contribution in [0.5, 0.6) is 0 Å². The molecule has 0 aliphatic carbocycles. The van der Waals surface area contributed by atoms with Gasteiger partial charge < -0.3 is 4.57 Å². The van der Waals surface area contributed by atoms with Crippen LogP contribution in [0.2, 0.25) is 0 Å². The number of hydrogen-bond acceptors (Lipinski definition) is 3. The number of hydrogen-bond donors (Lipinski definition) is 0. The van der Waals surface area contributed by atoms with Gasteiger partial charge in [0.25, 0.3) is 0 Å². The Morgan fingerprint density at radius 2 is 0.948 bits per heavy atom. The van der Waals surface area contributed by atoms with Crippen molar-refractivity contribution in [1.82, 2.24) is 14.5 Å². The van der Waals surface area contributed by atoms with Crippen molar-refractivity contribution in [2.75, 3.05) is 0 Å². The molecule has 3 heterocycles. The second-order valence-electron chi connectivity index (χ2n) is 14.9. The third-order valence-electron chi connectivity index (χ3n) is 11.6. The molecule has 0 aliphatic heterocycles. The predicted octanol–water partition coefficient (Wildman–Crippen LogP) is 14.9. The second kappa shape index (κ2) is 13.1. The molecule has 0 N–H and O–H groups in total. The highest BCUT2D eigenvalue weighted by atomic mass is 32.1. The van der Waals surface area contributed by atoms with Crippen molar-refractivity contribution in [3.63, 3.8) is 0 Å². The molecule has 0 saturated heterocycles. The van der Waals surface area contributed by atoms with Crippen LogP contribution in [-0.2, 0) is 0 Å². The fourth-order valence-electron chi connectivity index (χ4n) is 8.91. The number of aromatic nitrogens is 3. The van der Waals surface area contributed by atoms with Crippen LogP contribution < -0.4 is 0 Å². The van der Waals surface area contributed by atoms with Gasteiger partial charge in [0.2, 0.25) is 0 Å². The molecular formula is C54H33N3S. The van der Waals surface area contributed by atoms with E-state index < -0.39 is 0 Å². The lowest BCUT2D eigenvalue weighted by Crippen LogP contribution is -1.97. The second-order valence-corrected chi connectivity index (χ2v) is 16.0. The van der Waals surface area contributed by atoms with Crippen molar-refractivity contribution < 1.29 is 0 Å². The third kappa shape index (κ3) is 5.19. The molecule has 0 amide bonds. The summed E-state index contributed by atoms with van der Waals surface area (Å²) in [5.74, 6) is 0.714. The molecule has 12 rings (SSSR count). The largest absolute Gasteiger partial charge is 0.309 e. The number of benzene rings is 9. The van der Waals surface area contributed by atoms with Gasteiger partial charge >= 0.3 is 0 Å². The Kier molecular flexibility index (Phi) is 7.40. The maximum Gasteiger partial charge on any atom is 0.160 e. The van der Waals surface area contributed by atoms with Crippen LogP contribution >= 0.6 is 11.3 Å². The van der Waals surface area contributed by atoms with E-state index in [1.807, 2.05) is 35.6 Å². The lowest BCUT2D eigenvalue weighted by Gasteiger charge is -2.11. The summed E-state index contributed by atoms with van der Waals surface area (Å²) in [5, 5.41) is 10.2. The highest BCUT2D eigenvalue weighted by Crippen LogP contribution is 2.46. The molecule has 4 heteroatoms. The van der Waals surface area contributed by atoms with Crippen molar-refractivity contribution in [2.24, 2.45) is 0 Å². The zero-order valence-electron chi connectivity index (χ0n) is 31.3. The maximum atomic E-state index is 5.11. The Hall–Kier alpha value is -7.40. The van der Waals surface area contributed by atoms with E-state index in [0.717, 1.165) is 33.8 Å². The van der Waals surface area contributed by atoms with Crippen LogP contribution in [0.3, 0.4) is 0 Å². The van der Waals surface area contributed by atoms with Gasteiger partial charge in [-0.15, -0.1) is 11.3 Å². The summed E-state index contributed by atoms with van der Waals surface area (Å²) in [4.78, 5) is 10.1. The van der Waals surface area contributed by atoms with Gasteiger partial charge in [-0.3, -0.25) is 0 Å². The molecule has 0 radical (unpaired) electrons. The van der Waals surface area contributed by atoms with Crippen molar-refractivity contribution in [2.45, 2.75) is 0 Å². The summed E-state index contributed by atoms with van der Waals surface area (Å²) in [6.07, 6.45) is 0. The summed E-state index contributed by atoms with van der Waals surface area (Å²) in [6.45, 7) is 0. The van der Waals surface area contributed by atoms with Gasteiger partial charge in [-0.2, -0.15) is 0 Å². The molecule has 0 fully saturated rings. The van der Waals surface area contributed by atoms with Gasteiger partial charge in [-0.05, 0) is 81.2 Å². The van der Waals surface area contributed by atoms with Crippen molar-refractivity contribution >= 4 is 74.9 Å². The van der Waals surface area contributed by atoms with Gasteiger partial charge in [0, 0.05) is 53.3 Å². The first-order valence-corrected chi connectivity index (χ1v) is 20.5. The van der Waals surface area contributed by atoms with Gasteiger partial charge in [0.15, 0.2) is 5.82 Å². The van der Waals surface area contributed by atoms with Crippen LogP contribution in [-0.4, -0.2) is 14.5 Å². The van der Waals surface area contributed by atoms with Gasteiger partial charge in [-0.1, -0.05) is 152 Å². The highest BCUT2D eigenvalue weighted by Gasteiger charge is 2.21. The van der Waals surface area contributed by atoms with Gasteiger partial charge in [-0.25, -0.2) is 9.97 Å². The Morgan fingerprint density at radius 3 is 1.72 bits per heavy atom. The number of thiophene rings is 1. The molecule has 3 nitrogen and oxygen atoms in total. The molecule has 0 atom stereocenters. The smallest absolute Gasteiger partial charge is 0.160 e. The number of rotatable bonds is 5. The van der Waals surface area contributed by atoms with Crippen LogP contribution in [0, 0.1) is 0 Å². The lowest BCUT2D eigenvalue weighted by atomic mass is 9.96. The molecule has 0 aliphatic rings.